The minimum Gasteiger partial charge on any atom is -0.461 e. The smallest absolute Gasteiger partial charge is 0.410 e. The first-order valence-corrected chi connectivity index (χ1v) is 22.3. The Balaban J connectivity index is 1.87. The van der Waals surface area contributed by atoms with E-state index in [2.05, 4.69) is 9.71 Å². The summed E-state index contributed by atoms with van der Waals surface area (Å²) in [7, 11) is 1.56. The van der Waals surface area contributed by atoms with Crippen LogP contribution in [0.25, 0.3) is 0 Å². The number of likely N-dealkylation sites (N-methyl/N-ethyl adjacent to an activating group) is 1. The summed E-state index contributed by atoms with van der Waals surface area (Å²) in [5.74, 6) is -5.36. The molecule has 0 spiro atoms. The average molecular weight is 855 g/mol. The maximum atomic E-state index is 14.7. The minimum atomic E-state index is -3.62. The molecule has 1 aromatic rings. The predicted octanol–water partition coefficient (Wildman–Crippen LogP) is 2.72. The fraction of sp³-hybridized carbons (Fsp3) is 0.780. The van der Waals surface area contributed by atoms with Crippen LogP contribution < -0.4 is 4.72 Å². The summed E-state index contributed by atoms with van der Waals surface area (Å²) >= 11 is 0. The summed E-state index contributed by atoms with van der Waals surface area (Å²) in [5, 5.41) is 11.6. The van der Waals surface area contributed by atoms with Crippen LogP contribution in [0.1, 0.15) is 80.3 Å². The van der Waals surface area contributed by atoms with Crippen molar-refractivity contribution in [2.45, 2.75) is 141 Å². The lowest BCUT2D eigenvalue weighted by Crippen LogP contribution is -2.61. The van der Waals surface area contributed by atoms with Crippen LogP contribution in [0.15, 0.2) is 24.4 Å². The number of aliphatic hydroxyl groups is 1. The van der Waals surface area contributed by atoms with Crippen LogP contribution in [-0.2, 0) is 59.2 Å². The van der Waals surface area contributed by atoms with Crippen molar-refractivity contribution in [2.24, 2.45) is 23.7 Å². The SMILES string of the molecule is CC[C@@H]1OC(=O)[C@H](C)[C@H](OC(=O)Cc2ccccn2)[C@@H](C)[C@@H](O[C@@H]2O[C@H](C)C[C@H](N(C)C)[C@H]2O)[C@](C)(OC)C[C@@H](C)C(=O)[C@@H](C)[C@@H]2N(CCNS(C)(=O)=O)C(=O)O[C@]12C. The highest BCUT2D eigenvalue weighted by Gasteiger charge is 2.60. The quantitative estimate of drug-likeness (QED) is 0.229. The minimum absolute atomic E-state index is 0.0513. The molecule has 3 fully saturated rings. The van der Waals surface area contributed by atoms with Crippen molar-refractivity contribution in [1.82, 2.24) is 19.5 Å². The highest BCUT2D eigenvalue weighted by atomic mass is 32.2. The van der Waals surface area contributed by atoms with Crippen LogP contribution in [0, 0.1) is 23.7 Å². The molecule has 3 saturated heterocycles. The topological polar surface area (TPSA) is 209 Å². The first kappa shape index (κ1) is 48.4. The number of aromatic nitrogens is 1. The zero-order valence-corrected chi connectivity index (χ0v) is 37.4. The number of Topliss-reactive ketones (excluding diaryl/α,β-unsaturated/α-hetero) is 1. The highest BCUT2D eigenvalue weighted by Crippen LogP contribution is 2.43. The number of hydrogen-bond donors (Lipinski definition) is 2. The van der Waals surface area contributed by atoms with Crippen molar-refractivity contribution < 1.29 is 61.1 Å². The van der Waals surface area contributed by atoms with E-state index < -0.39 is 99.7 Å². The molecule has 0 aliphatic carbocycles. The number of methoxy groups -OCH3 is 1. The van der Waals surface area contributed by atoms with E-state index in [1.807, 2.05) is 25.9 Å². The Kier molecular flexibility index (Phi) is 16.1. The Morgan fingerprint density at radius 2 is 1.78 bits per heavy atom. The molecule has 0 radical (unpaired) electrons. The van der Waals surface area contributed by atoms with E-state index in [0.717, 1.165) is 6.26 Å². The molecule has 0 unspecified atom stereocenters. The van der Waals surface area contributed by atoms with Crippen molar-refractivity contribution >= 4 is 33.8 Å². The highest BCUT2D eigenvalue weighted by molar-refractivity contribution is 7.88. The molecule has 0 aromatic carbocycles. The summed E-state index contributed by atoms with van der Waals surface area (Å²) in [6, 6.07) is 3.81. The molecule has 14 atom stereocenters. The number of aliphatic hydroxyl groups excluding tert-OH is 1. The monoisotopic (exact) mass is 854 g/mol. The number of amides is 1. The molecule has 3 aliphatic heterocycles. The van der Waals surface area contributed by atoms with E-state index >= 15 is 0 Å². The molecule has 2 N–H and O–H groups in total. The second kappa shape index (κ2) is 19.6. The van der Waals surface area contributed by atoms with Crippen molar-refractivity contribution in [3.63, 3.8) is 0 Å². The first-order chi connectivity index (χ1) is 27.5. The summed E-state index contributed by atoms with van der Waals surface area (Å²) in [5.41, 5.74) is -2.46. The number of hydrogen-bond acceptors (Lipinski definition) is 15. The van der Waals surface area contributed by atoms with Gasteiger partial charge < -0.3 is 38.4 Å². The number of esters is 2. The van der Waals surface area contributed by atoms with Crippen LogP contribution in [0.5, 0.6) is 0 Å². The van der Waals surface area contributed by atoms with Gasteiger partial charge in [-0.3, -0.25) is 24.3 Å². The van der Waals surface area contributed by atoms with Crippen LogP contribution in [-0.4, -0.2) is 153 Å². The molecular weight excluding hydrogens is 789 g/mol. The Labute approximate surface area is 349 Å². The van der Waals surface area contributed by atoms with Crippen molar-refractivity contribution in [3.05, 3.63) is 30.1 Å². The number of fused-ring (bicyclic) bond motifs is 1. The second-order valence-corrected chi connectivity index (χ2v) is 19.1. The molecule has 17 nitrogen and oxygen atoms in total. The molecule has 0 bridgehead atoms. The molecule has 4 heterocycles. The fourth-order valence-corrected chi connectivity index (χ4v) is 9.72. The van der Waals surface area contributed by atoms with Crippen LogP contribution in [0.2, 0.25) is 0 Å². The third-order valence-corrected chi connectivity index (χ3v) is 13.1. The number of nitrogens with zero attached hydrogens (tertiary/aromatic N) is 3. The van der Waals surface area contributed by atoms with Gasteiger partial charge in [0.05, 0.1) is 48.1 Å². The van der Waals surface area contributed by atoms with Crippen molar-refractivity contribution in [3.8, 4) is 0 Å². The van der Waals surface area contributed by atoms with E-state index in [1.165, 1.54) is 12.0 Å². The number of carbonyl (C=O) groups excluding carboxylic acids is 4. The van der Waals surface area contributed by atoms with Gasteiger partial charge in [0.25, 0.3) is 0 Å². The van der Waals surface area contributed by atoms with Crippen molar-refractivity contribution in [2.75, 3.05) is 40.6 Å². The van der Waals surface area contributed by atoms with Crippen molar-refractivity contribution in [1.29, 1.82) is 0 Å². The van der Waals surface area contributed by atoms with Gasteiger partial charge in [0, 0.05) is 50.2 Å². The number of carbonyl (C=O) groups is 4. The molecule has 59 heavy (non-hydrogen) atoms. The Hall–Kier alpha value is -3.26. The van der Waals surface area contributed by atoms with Gasteiger partial charge in [0.1, 0.15) is 24.1 Å². The number of rotatable bonds is 12. The average Bonchev–Trinajstić information content (AvgIpc) is 3.42. The molecule has 1 amide bonds. The fourth-order valence-electron chi connectivity index (χ4n) is 9.25. The number of ketones is 1. The summed E-state index contributed by atoms with van der Waals surface area (Å²) in [6.45, 7) is 13.5. The van der Waals surface area contributed by atoms with Gasteiger partial charge in [-0.25, -0.2) is 17.9 Å². The van der Waals surface area contributed by atoms with Gasteiger partial charge in [-0.1, -0.05) is 33.8 Å². The second-order valence-electron chi connectivity index (χ2n) is 17.2. The maximum Gasteiger partial charge on any atom is 0.410 e. The molecule has 0 saturated carbocycles. The number of ether oxygens (including phenoxy) is 6. The van der Waals surface area contributed by atoms with Gasteiger partial charge in [-0.15, -0.1) is 0 Å². The Bertz CT molecular complexity index is 1740. The third kappa shape index (κ3) is 11.2. The van der Waals surface area contributed by atoms with Gasteiger partial charge in [-0.2, -0.15) is 0 Å². The van der Waals surface area contributed by atoms with Crippen LogP contribution >= 0.6 is 0 Å². The molecular formula is C41H66N4O13S. The Morgan fingerprint density at radius 1 is 1.10 bits per heavy atom. The van der Waals surface area contributed by atoms with Gasteiger partial charge >= 0.3 is 18.0 Å². The van der Waals surface area contributed by atoms with Gasteiger partial charge in [0.15, 0.2) is 11.9 Å². The summed E-state index contributed by atoms with van der Waals surface area (Å²) in [4.78, 5) is 64.1. The lowest BCUT2D eigenvalue weighted by molar-refractivity contribution is -0.301. The number of sulfonamides is 1. The van der Waals surface area contributed by atoms with E-state index in [1.54, 1.807) is 72.9 Å². The van der Waals surface area contributed by atoms with E-state index in [0.29, 0.717) is 12.1 Å². The molecule has 3 aliphatic rings. The zero-order valence-electron chi connectivity index (χ0n) is 36.6. The zero-order chi connectivity index (χ0) is 44.2. The van der Waals surface area contributed by atoms with Crippen LogP contribution in [0.4, 0.5) is 4.79 Å². The molecule has 18 heteroatoms. The number of cyclic esters (lactones) is 1. The van der Waals surface area contributed by atoms with E-state index in [9.17, 15) is 32.7 Å². The standard InChI is InChI=1S/C41H66N4O13S/c1-13-30-41(8)35(45(39(50)58-41)19-18-43-59(12,51)52)25(4)32(47)23(2)22-40(7,53-11)36(57-38-33(48)29(44(9)10)20-24(3)54-38)26(5)34(27(6)37(49)55-30)56-31(46)21-28-16-14-15-17-42-28/h14-17,23-27,29-30,33-36,38,43,48H,13,18-22H2,1-12H3/t23-,24-,25-,26-,27-,29+,30+,33-,34-,35+,36-,38+,40-,41-/m1/s1. The lowest BCUT2D eigenvalue weighted by Gasteiger charge is -2.48. The number of pyridine rings is 1. The summed E-state index contributed by atoms with van der Waals surface area (Å²) in [6.07, 6.45) is -3.67. The first-order valence-electron chi connectivity index (χ1n) is 20.5. The Morgan fingerprint density at radius 3 is 2.36 bits per heavy atom. The molecule has 1 aromatic heterocycles. The summed E-state index contributed by atoms with van der Waals surface area (Å²) < 4.78 is 64.1. The van der Waals surface area contributed by atoms with Gasteiger partial charge in [-0.05, 0) is 73.2 Å². The maximum absolute atomic E-state index is 14.7. The van der Waals surface area contributed by atoms with Gasteiger partial charge in [0.2, 0.25) is 10.0 Å². The van der Waals surface area contributed by atoms with Crippen LogP contribution in [0.3, 0.4) is 0 Å². The van der Waals surface area contributed by atoms with E-state index in [4.69, 9.17) is 28.4 Å². The third-order valence-electron chi connectivity index (χ3n) is 12.4. The lowest BCUT2D eigenvalue weighted by atomic mass is 9.73. The molecule has 4 rings (SSSR count). The predicted molar refractivity (Wildman–Crippen MR) is 215 cm³/mol. The number of nitrogens with one attached hydrogen (secondary N) is 1. The largest absolute Gasteiger partial charge is 0.461 e. The molecule has 334 valence electrons. The normalized spacial score (nSPS) is 37.7. The van der Waals surface area contributed by atoms with E-state index in [-0.39, 0.29) is 50.3 Å².